The summed E-state index contributed by atoms with van der Waals surface area (Å²) in [5, 5.41) is 3.17. The highest BCUT2D eigenvalue weighted by molar-refractivity contribution is 7.90. The van der Waals surface area contributed by atoms with Crippen molar-refractivity contribution in [3.05, 3.63) is 0 Å². The lowest BCUT2D eigenvalue weighted by molar-refractivity contribution is 0.328. The van der Waals surface area contributed by atoms with Gasteiger partial charge in [0, 0.05) is 6.04 Å². The van der Waals surface area contributed by atoms with Crippen molar-refractivity contribution in [2.75, 3.05) is 13.1 Å². The molecule has 15 heavy (non-hydrogen) atoms. The van der Waals surface area contributed by atoms with Gasteiger partial charge < -0.3 is 5.32 Å². The van der Waals surface area contributed by atoms with E-state index in [1.165, 1.54) is 0 Å². The molecule has 0 aromatic rings. The zero-order chi connectivity index (χ0) is 10.2. The number of sulfonamides is 1. The second kappa shape index (κ2) is 4.99. The molecule has 2 N–H and O–H groups in total. The van der Waals surface area contributed by atoms with Crippen molar-refractivity contribution in [2.45, 2.75) is 37.5 Å². The molecule has 2 rings (SSSR count). The van der Waals surface area contributed by atoms with Crippen LogP contribution < -0.4 is 10.0 Å². The van der Waals surface area contributed by atoms with E-state index in [4.69, 9.17) is 0 Å². The molecular formula is C9H19ClN2O2S. The molecule has 0 radical (unpaired) electrons. The van der Waals surface area contributed by atoms with Crippen LogP contribution in [0.25, 0.3) is 0 Å². The second-order valence-electron chi connectivity index (χ2n) is 4.44. The Balaban J connectivity index is 0.00000112. The summed E-state index contributed by atoms with van der Waals surface area (Å²) in [7, 11) is -3.00. The average molecular weight is 255 g/mol. The summed E-state index contributed by atoms with van der Waals surface area (Å²) < 4.78 is 26.2. The largest absolute Gasteiger partial charge is 0.316 e. The van der Waals surface area contributed by atoms with E-state index < -0.39 is 10.0 Å². The van der Waals surface area contributed by atoms with Crippen LogP contribution in [-0.4, -0.2) is 32.8 Å². The van der Waals surface area contributed by atoms with E-state index in [2.05, 4.69) is 17.0 Å². The molecule has 1 heterocycles. The zero-order valence-electron chi connectivity index (χ0n) is 8.90. The van der Waals surface area contributed by atoms with Gasteiger partial charge in [-0.15, -0.1) is 12.4 Å². The molecule has 1 aliphatic heterocycles. The highest BCUT2D eigenvalue weighted by atomic mass is 35.5. The molecular weight excluding hydrogens is 236 g/mol. The van der Waals surface area contributed by atoms with Gasteiger partial charge in [-0.05, 0) is 38.3 Å². The van der Waals surface area contributed by atoms with Crippen LogP contribution in [0.1, 0.15) is 26.2 Å². The molecule has 0 bridgehead atoms. The fourth-order valence-corrected chi connectivity index (χ4v) is 3.60. The standard InChI is InChI=1S/C9H18N2O2S.ClH/c1-7-6-10-5-4-9(7)11-14(12,13)8-2-3-8;/h7-11H,2-6H2,1H3;1H. The molecule has 0 aromatic heterocycles. The van der Waals surface area contributed by atoms with Gasteiger partial charge >= 0.3 is 0 Å². The lowest BCUT2D eigenvalue weighted by Gasteiger charge is -2.29. The van der Waals surface area contributed by atoms with Gasteiger partial charge in [0.05, 0.1) is 5.25 Å². The van der Waals surface area contributed by atoms with Gasteiger partial charge in [0.15, 0.2) is 0 Å². The van der Waals surface area contributed by atoms with Crippen molar-refractivity contribution >= 4 is 22.4 Å². The van der Waals surface area contributed by atoms with Crippen molar-refractivity contribution < 1.29 is 8.42 Å². The molecule has 1 aliphatic carbocycles. The first-order chi connectivity index (χ1) is 6.59. The Bertz CT molecular complexity index is 303. The maximum atomic E-state index is 11.7. The van der Waals surface area contributed by atoms with Crippen LogP contribution in [0.5, 0.6) is 0 Å². The van der Waals surface area contributed by atoms with Crippen LogP contribution in [0.3, 0.4) is 0 Å². The summed E-state index contributed by atoms with van der Waals surface area (Å²) in [6.45, 7) is 3.92. The third-order valence-corrected chi connectivity index (χ3v) is 5.04. The fourth-order valence-electron chi connectivity index (χ4n) is 1.87. The SMILES string of the molecule is CC1CNCCC1NS(=O)(=O)C1CC1.Cl. The maximum Gasteiger partial charge on any atom is 0.214 e. The molecule has 2 unspecified atom stereocenters. The van der Waals surface area contributed by atoms with Crippen LogP contribution in [0, 0.1) is 5.92 Å². The molecule has 2 fully saturated rings. The van der Waals surface area contributed by atoms with Crippen LogP contribution in [0.2, 0.25) is 0 Å². The molecule has 1 saturated heterocycles. The number of rotatable bonds is 3. The molecule has 0 amide bonds. The predicted molar refractivity (Wildman–Crippen MR) is 62.8 cm³/mol. The van der Waals surface area contributed by atoms with Crippen LogP contribution in [0.4, 0.5) is 0 Å². The van der Waals surface area contributed by atoms with Crippen molar-refractivity contribution in [3.63, 3.8) is 0 Å². The Morgan fingerprint density at radius 2 is 1.93 bits per heavy atom. The molecule has 90 valence electrons. The van der Waals surface area contributed by atoms with Gasteiger partial charge in [0.25, 0.3) is 0 Å². The molecule has 6 heteroatoms. The smallest absolute Gasteiger partial charge is 0.214 e. The molecule has 0 spiro atoms. The number of hydrogen-bond acceptors (Lipinski definition) is 3. The second-order valence-corrected chi connectivity index (χ2v) is 6.43. The van der Waals surface area contributed by atoms with Crippen LogP contribution >= 0.6 is 12.4 Å². The number of hydrogen-bond donors (Lipinski definition) is 2. The van der Waals surface area contributed by atoms with E-state index in [9.17, 15) is 8.42 Å². The van der Waals surface area contributed by atoms with E-state index in [0.29, 0.717) is 5.92 Å². The summed E-state index contributed by atoms with van der Waals surface area (Å²) >= 11 is 0. The summed E-state index contributed by atoms with van der Waals surface area (Å²) in [6, 6.07) is 0.141. The highest BCUT2D eigenvalue weighted by Gasteiger charge is 2.38. The quantitative estimate of drug-likeness (QED) is 0.771. The monoisotopic (exact) mass is 254 g/mol. The minimum Gasteiger partial charge on any atom is -0.316 e. The lowest BCUT2D eigenvalue weighted by atomic mass is 9.97. The summed E-state index contributed by atoms with van der Waals surface area (Å²) in [5.74, 6) is 0.400. The van der Waals surface area contributed by atoms with Crippen molar-refractivity contribution in [1.29, 1.82) is 0 Å². The first-order valence-electron chi connectivity index (χ1n) is 5.31. The first-order valence-corrected chi connectivity index (χ1v) is 6.86. The molecule has 4 nitrogen and oxygen atoms in total. The number of piperidine rings is 1. The van der Waals surface area contributed by atoms with Gasteiger partial charge in [-0.1, -0.05) is 6.92 Å². The number of nitrogens with one attached hydrogen (secondary N) is 2. The Kier molecular flexibility index (Phi) is 4.40. The van der Waals surface area contributed by atoms with E-state index in [1.807, 2.05) is 0 Å². The van der Waals surface area contributed by atoms with Gasteiger partial charge in [-0.25, -0.2) is 13.1 Å². The van der Waals surface area contributed by atoms with Crippen molar-refractivity contribution in [2.24, 2.45) is 5.92 Å². The Hall–Kier alpha value is 0.160. The summed E-state index contributed by atoms with van der Waals surface area (Å²) in [6.07, 6.45) is 2.59. The Morgan fingerprint density at radius 1 is 1.27 bits per heavy atom. The minimum absolute atomic E-state index is 0. The molecule has 2 atom stereocenters. The normalized spacial score (nSPS) is 32.1. The average Bonchev–Trinajstić information content (AvgIpc) is 2.91. The van der Waals surface area contributed by atoms with Gasteiger partial charge in [-0.2, -0.15) is 0 Å². The first kappa shape index (κ1) is 13.2. The van der Waals surface area contributed by atoms with Crippen LogP contribution in [-0.2, 0) is 10.0 Å². The van der Waals surface area contributed by atoms with E-state index in [-0.39, 0.29) is 23.7 Å². The van der Waals surface area contributed by atoms with E-state index in [1.54, 1.807) is 0 Å². The van der Waals surface area contributed by atoms with Gasteiger partial charge in [0.2, 0.25) is 10.0 Å². The van der Waals surface area contributed by atoms with Crippen molar-refractivity contribution in [1.82, 2.24) is 10.0 Å². The molecule has 2 aliphatic rings. The lowest BCUT2D eigenvalue weighted by Crippen LogP contribution is -2.49. The van der Waals surface area contributed by atoms with Gasteiger partial charge in [-0.3, -0.25) is 0 Å². The molecule has 1 saturated carbocycles. The summed E-state index contributed by atoms with van der Waals surface area (Å²) in [4.78, 5) is 0. The fraction of sp³-hybridized carbons (Fsp3) is 1.00. The predicted octanol–water partition coefficient (Wildman–Crippen LogP) is 0.488. The molecule has 0 aromatic carbocycles. The number of halogens is 1. The van der Waals surface area contributed by atoms with Crippen LogP contribution in [0.15, 0.2) is 0 Å². The Labute approximate surface area is 97.7 Å². The van der Waals surface area contributed by atoms with E-state index in [0.717, 1.165) is 32.4 Å². The minimum atomic E-state index is -3.00. The third kappa shape index (κ3) is 3.31. The topological polar surface area (TPSA) is 58.2 Å². The van der Waals surface area contributed by atoms with Gasteiger partial charge in [0.1, 0.15) is 0 Å². The van der Waals surface area contributed by atoms with Crippen molar-refractivity contribution in [3.8, 4) is 0 Å². The zero-order valence-corrected chi connectivity index (χ0v) is 10.5. The van der Waals surface area contributed by atoms with E-state index >= 15 is 0 Å². The summed E-state index contributed by atoms with van der Waals surface area (Å²) in [5.41, 5.74) is 0. The Morgan fingerprint density at radius 3 is 2.47 bits per heavy atom. The maximum absolute atomic E-state index is 11.7. The third-order valence-electron chi connectivity index (χ3n) is 3.06. The highest BCUT2D eigenvalue weighted by Crippen LogP contribution is 2.28.